The number of allylic oxidation sites excluding steroid dienone is 2. The normalized spacial score (nSPS) is 21.3. The fourth-order valence-corrected chi connectivity index (χ4v) is 15.3. The number of ether oxygens (including phenoxy) is 6. The van der Waals surface area contributed by atoms with Crippen molar-refractivity contribution < 1.29 is 62.0 Å². The number of amides is 2. The minimum Gasteiger partial charge on any atom is -0.488 e. The molecule has 2 amide bonds. The minimum absolute atomic E-state index is 0.0423. The largest absolute Gasteiger partial charge is 0.488 e. The van der Waals surface area contributed by atoms with Crippen LogP contribution < -0.4 is 14.2 Å². The average Bonchev–Trinajstić information content (AvgIpc) is 3.97. The van der Waals surface area contributed by atoms with Crippen molar-refractivity contribution in [3.8, 4) is 23.0 Å². The first kappa shape index (κ1) is 55.8. The molecule has 2 aromatic heterocycles. The highest BCUT2D eigenvalue weighted by molar-refractivity contribution is 8.00. The molecule has 15 nitrogen and oxygen atoms in total. The Hall–Kier alpha value is -7.13. The van der Waals surface area contributed by atoms with Crippen LogP contribution in [0.2, 0.25) is 10.0 Å². The summed E-state index contributed by atoms with van der Waals surface area (Å²) in [6, 6.07) is 20.9. The zero-order chi connectivity index (χ0) is 56.5. The number of Topliss-reactive ketones (excluding diaryl/α,β-unsaturated/α-hetero) is 2. The van der Waals surface area contributed by atoms with Crippen LogP contribution in [0.5, 0.6) is 23.0 Å². The zero-order valence-electron chi connectivity index (χ0n) is 42.9. The molecule has 6 aliphatic rings. The van der Waals surface area contributed by atoms with Crippen molar-refractivity contribution in [1.29, 1.82) is 0 Å². The molecule has 0 N–H and O–H groups in total. The molecule has 8 heterocycles. The lowest BCUT2D eigenvalue weighted by molar-refractivity contribution is -0.155. The number of rotatable bonds is 22. The Bertz CT molecular complexity index is 3370. The van der Waals surface area contributed by atoms with Crippen LogP contribution in [0.15, 0.2) is 156 Å². The summed E-state index contributed by atoms with van der Waals surface area (Å²) in [6.45, 7) is 7.06. The molecule has 414 valence electrons. The number of β-lactam (4-membered cyclic amide) rings is 2. The summed E-state index contributed by atoms with van der Waals surface area (Å²) < 4.78 is 36.3. The first-order valence-corrected chi connectivity index (χ1v) is 30.2. The summed E-state index contributed by atoms with van der Waals surface area (Å²) >= 11 is 19.9. The summed E-state index contributed by atoms with van der Waals surface area (Å²) in [5.74, 6) is -2.19. The van der Waals surface area contributed by atoms with E-state index in [-0.39, 0.29) is 120 Å². The van der Waals surface area contributed by atoms with E-state index in [9.17, 15) is 33.6 Å². The molecular formula is C60H48Cl2N2O13S4. The number of thioether (sulfide) groups is 2. The molecule has 11 rings (SSSR count). The van der Waals surface area contributed by atoms with E-state index in [0.717, 1.165) is 9.75 Å². The molecular weight excluding hydrogens is 1160 g/mol. The summed E-state index contributed by atoms with van der Waals surface area (Å²) in [4.78, 5) is 98.6. The molecule has 0 radical (unpaired) electrons. The third-order valence-corrected chi connectivity index (χ3v) is 19.3. The zero-order valence-corrected chi connectivity index (χ0v) is 47.7. The number of hydrogen-bond acceptors (Lipinski definition) is 17. The van der Waals surface area contributed by atoms with Gasteiger partial charge in [-0.25, -0.2) is 14.4 Å². The molecule has 4 atom stereocenters. The average molecular weight is 1200 g/mol. The summed E-state index contributed by atoms with van der Waals surface area (Å²) in [5.41, 5.74) is 1.37. The predicted molar refractivity (Wildman–Crippen MR) is 309 cm³/mol. The maximum atomic E-state index is 13.7. The van der Waals surface area contributed by atoms with Crippen molar-refractivity contribution in [2.75, 3.05) is 37.9 Å². The van der Waals surface area contributed by atoms with E-state index in [1.807, 2.05) is 35.0 Å². The third kappa shape index (κ3) is 10.7. The van der Waals surface area contributed by atoms with Gasteiger partial charge in [0.1, 0.15) is 72.4 Å². The number of benzene rings is 3. The first-order chi connectivity index (χ1) is 39.3. The van der Waals surface area contributed by atoms with Crippen molar-refractivity contribution in [2.45, 2.75) is 42.0 Å². The highest BCUT2D eigenvalue weighted by Crippen LogP contribution is 2.59. The van der Waals surface area contributed by atoms with Crippen LogP contribution in [0.1, 0.15) is 49.6 Å². The lowest BCUT2D eigenvalue weighted by Gasteiger charge is -2.49. The van der Waals surface area contributed by atoms with Gasteiger partial charge in [0.2, 0.25) is 11.8 Å². The summed E-state index contributed by atoms with van der Waals surface area (Å²) in [7, 11) is 0. The van der Waals surface area contributed by atoms with Gasteiger partial charge in [0.15, 0.2) is 5.60 Å². The summed E-state index contributed by atoms with van der Waals surface area (Å²) in [6.07, 6.45) is 10.3. The van der Waals surface area contributed by atoms with E-state index in [1.54, 1.807) is 72.8 Å². The predicted octanol–water partition coefficient (Wildman–Crippen LogP) is 11.0. The number of carbonyl (C=O) groups excluding carboxylic acids is 7. The molecule has 2 fully saturated rings. The van der Waals surface area contributed by atoms with Gasteiger partial charge in [0.25, 0.3) is 0 Å². The number of nitrogens with zero attached hydrogens (tertiary/aromatic N) is 2. The van der Waals surface area contributed by atoms with Crippen molar-refractivity contribution in [3.63, 3.8) is 0 Å². The standard InChI is InChI=1S/C60H48Cl2N2O13S4/c1-3-17-74-58(70)51-33(31-80-55-40(53(67)63(51)55)25-35(65)23-37-13-9-21-78-37)11-7-19-72-49-29-47-43(27-45(49)61)60(42-16-6-5-15-39(42)57(69)77-60)44-28-46(62)50(30-48(44)76-47)73-20-8-12-34-32-81-56-41(26-36(66)24-38-14-10-22-79-38)54(68)64(56)52(34)59(71)75-18-4-2/h3-16,21-22,27-30,40-41,55-56H,1-2,17-20,23-26,31-32H2/b11-7+,12-8+. The van der Waals surface area contributed by atoms with Crippen LogP contribution in [0.4, 0.5) is 0 Å². The molecule has 2 saturated heterocycles. The number of halogens is 2. The van der Waals surface area contributed by atoms with Crippen LogP contribution in [0, 0.1) is 11.8 Å². The van der Waals surface area contributed by atoms with E-state index >= 15 is 0 Å². The van der Waals surface area contributed by atoms with E-state index in [4.69, 9.17) is 51.6 Å². The Morgan fingerprint density at radius 1 is 0.642 bits per heavy atom. The lowest BCUT2D eigenvalue weighted by Crippen LogP contribution is -2.61. The van der Waals surface area contributed by atoms with Gasteiger partial charge in [-0.05, 0) is 64.4 Å². The van der Waals surface area contributed by atoms with Gasteiger partial charge < -0.3 is 28.4 Å². The Morgan fingerprint density at radius 3 is 1.58 bits per heavy atom. The topological polar surface area (TPSA) is 181 Å². The van der Waals surface area contributed by atoms with Crippen molar-refractivity contribution in [1.82, 2.24) is 9.80 Å². The molecule has 1 spiro atoms. The molecule has 81 heavy (non-hydrogen) atoms. The number of thiophene rings is 2. The fraction of sp³-hybridized carbons (Fsp3) is 0.250. The first-order valence-electron chi connectivity index (χ1n) is 25.6. The molecule has 21 heteroatoms. The van der Waals surface area contributed by atoms with E-state index in [1.165, 1.54) is 68.1 Å². The molecule has 0 bridgehead atoms. The molecule has 0 saturated carbocycles. The molecule has 6 aliphatic heterocycles. The second kappa shape index (κ2) is 23.8. The van der Waals surface area contributed by atoms with Crippen molar-refractivity contribution in [2.24, 2.45) is 11.8 Å². The van der Waals surface area contributed by atoms with Gasteiger partial charge in [0, 0.05) is 75.8 Å². The Labute approximate surface area is 491 Å². The second-order valence-corrected chi connectivity index (χ2v) is 24.3. The second-order valence-electron chi connectivity index (χ2n) is 19.3. The van der Waals surface area contributed by atoms with E-state index in [2.05, 4.69) is 13.2 Å². The smallest absolute Gasteiger partial charge is 0.355 e. The Kier molecular flexibility index (Phi) is 16.4. The van der Waals surface area contributed by atoms with E-state index < -0.39 is 46.1 Å². The van der Waals surface area contributed by atoms with Crippen LogP contribution in [0.3, 0.4) is 0 Å². The van der Waals surface area contributed by atoms with Gasteiger partial charge >= 0.3 is 17.9 Å². The van der Waals surface area contributed by atoms with E-state index in [0.29, 0.717) is 44.9 Å². The molecule has 0 aliphatic carbocycles. The van der Waals surface area contributed by atoms with Gasteiger partial charge in [-0.3, -0.25) is 29.0 Å². The highest BCUT2D eigenvalue weighted by Gasteiger charge is 2.56. The minimum atomic E-state index is -1.56. The lowest BCUT2D eigenvalue weighted by atomic mass is 9.77. The number of ketones is 2. The number of hydrogen-bond donors (Lipinski definition) is 0. The molecule has 4 unspecified atom stereocenters. The van der Waals surface area contributed by atoms with Gasteiger partial charge in [-0.15, -0.1) is 46.2 Å². The Balaban J connectivity index is 0.817. The van der Waals surface area contributed by atoms with Crippen molar-refractivity contribution in [3.05, 3.63) is 198 Å². The maximum Gasteiger partial charge on any atom is 0.355 e. The van der Waals surface area contributed by atoms with Crippen LogP contribution >= 0.6 is 69.4 Å². The molecule has 5 aromatic rings. The third-order valence-electron chi connectivity index (χ3n) is 14.2. The highest BCUT2D eigenvalue weighted by atomic mass is 35.5. The SMILES string of the molecule is C=CCOC(=O)C1=C(/C=C/COc2cc3c(cc2Cl)C2(OC(=O)c4ccccc42)c2cc(Cl)c(OC/C=C/C4=C(C(=O)OCC=C)N5C(=O)C(CC(=O)Cc6cccs6)C5SC4)cc2O3)CSC2C(CC(=O)Cc3cccs3)C(=O)N12. The van der Waals surface area contributed by atoms with Gasteiger partial charge in [0.05, 0.1) is 38.2 Å². The number of carbonyl (C=O) groups is 7. The van der Waals surface area contributed by atoms with Crippen LogP contribution in [-0.4, -0.2) is 99.8 Å². The quantitative estimate of drug-likeness (QED) is 0.0276. The van der Waals surface area contributed by atoms with Gasteiger partial charge in [-0.2, -0.15) is 0 Å². The van der Waals surface area contributed by atoms with Gasteiger partial charge in [-0.1, -0.05) is 91.0 Å². The number of esters is 3. The Morgan fingerprint density at radius 2 is 1.12 bits per heavy atom. The van der Waals surface area contributed by atoms with Crippen LogP contribution in [-0.2, 0) is 61.4 Å². The monoisotopic (exact) mass is 1200 g/mol. The van der Waals surface area contributed by atoms with Crippen LogP contribution in [0.25, 0.3) is 0 Å². The number of fused-ring (bicyclic) bond motifs is 8. The molecule has 3 aromatic carbocycles. The fourth-order valence-electron chi connectivity index (χ4n) is 10.6. The summed E-state index contributed by atoms with van der Waals surface area (Å²) in [5, 5.41) is 3.32. The maximum absolute atomic E-state index is 13.7. The van der Waals surface area contributed by atoms with Crippen molar-refractivity contribution >= 4 is 111 Å².